The molecule has 0 aromatic heterocycles. The van der Waals surface area contributed by atoms with Crippen molar-refractivity contribution in [1.82, 2.24) is 0 Å². The van der Waals surface area contributed by atoms with Crippen molar-refractivity contribution >= 4 is 11.4 Å². The van der Waals surface area contributed by atoms with E-state index < -0.39 is 0 Å². The Bertz CT molecular complexity index is 470. The first-order chi connectivity index (χ1) is 9.06. The molecule has 0 heterocycles. The molecule has 5 heteroatoms. The molecular formula is C14H20N2O3. The Morgan fingerprint density at radius 2 is 2.21 bits per heavy atom. The van der Waals surface area contributed by atoms with Crippen LogP contribution in [-0.4, -0.2) is 25.2 Å². The Kier molecular flexibility index (Phi) is 4.04. The Morgan fingerprint density at radius 3 is 2.79 bits per heavy atom. The van der Waals surface area contributed by atoms with Crippen molar-refractivity contribution in [2.45, 2.75) is 26.2 Å². The van der Waals surface area contributed by atoms with Crippen LogP contribution < -0.4 is 5.32 Å². The molecule has 0 atom stereocenters. The number of methoxy groups -OCH3 is 1. The van der Waals surface area contributed by atoms with Crippen molar-refractivity contribution in [3.8, 4) is 0 Å². The Balaban J connectivity index is 1.96. The second-order valence-electron chi connectivity index (χ2n) is 5.35. The van der Waals surface area contributed by atoms with Gasteiger partial charge in [-0.25, -0.2) is 0 Å². The largest absolute Gasteiger partial charge is 0.385 e. The molecule has 0 bridgehead atoms. The molecule has 1 aromatic carbocycles. The highest BCUT2D eigenvalue weighted by atomic mass is 16.6. The first kappa shape index (κ1) is 13.8. The Labute approximate surface area is 113 Å². The van der Waals surface area contributed by atoms with Gasteiger partial charge in [0.1, 0.15) is 0 Å². The lowest BCUT2D eigenvalue weighted by Crippen LogP contribution is -2.17. The van der Waals surface area contributed by atoms with Crippen LogP contribution in [0.15, 0.2) is 18.2 Å². The molecule has 5 nitrogen and oxygen atoms in total. The summed E-state index contributed by atoms with van der Waals surface area (Å²) in [7, 11) is 1.72. The molecule has 0 saturated heterocycles. The number of anilines is 1. The molecule has 0 amide bonds. The minimum Gasteiger partial charge on any atom is -0.385 e. The van der Waals surface area contributed by atoms with Gasteiger partial charge in [0.05, 0.1) is 4.92 Å². The van der Waals surface area contributed by atoms with Crippen molar-refractivity contribution in [3.05, 3.63) is 33.9 Å². The fourth-order valence-corrected chi connectivity index (χ4v) is 2.22. The minimum absolute atomic E-state index is 0.173. The smallest absolute Gasteiger partial charge is 0.274 e. The molecule has 1 aliphatic carbocycles. The summed E-state index contributed by atoms with van der Waals surface area (Å²) in [5.74, 6) is 0. The number of aryl methyl sites for hydroxylation is 1. The molecule has 1 aromatic rings. The zero-order valence-electron chi connectivity index (χ0n) is 11.4. The van der Waals surface area contributed by atoms with E-state index >= 15 is 0 Å². The monoisotopic (exact) mass is 264 g/mol. The lowest BCUT2D eigenvalue weighted by Gasteiger charge is -2.16. The number of hydrogen-bond donors (Lipinski definition) is 1. The average molecular weight is 264 g/mol. The van der Waals surface area contributed by atoms with Crippen molar-refractivity contribution < 1.29 is 9.66 Å². The molecule has 1 saturated carbocycles. The van der Waals surface area contributed by atoms with Crippen LogP contribution in [-0.2, 0) is 4.74 Å². The lowest BCUT2D eigenvalue weighted by atomic mass is 10.0. The van der Waals surface area contributed by atoms with Crippen molar-refractivity contribution in [3.63, 3.8) is 0 Å². The third kappa shape index (κ3) is 3.44. The molecule has 0 radical (unpaired) electrons. The molecule has 1 aliphatic rings. The number of rotatable bonds is 7. The minimum atomic E-state index is -0.335. The highest BCUT2D eigenvalue weighted by Crippen LogP contribution is 2.48. The zero-order chi connectivity index (χ0) is 13.9. The summed E-state index contributed by atoms with van der Waals surface area (Å²) in [6.45, 7) is 3.38. The number of nitro benzene ring substituents is 1. The van der Waals surface area contributed by atoms with Gasteiger partial charge in [-0.3, -0.25) is 10.1 Å². The van der Waals surface area contributed by atoms with Gasteiger partial charge in [-0.15, -0.1) is 0 Å². The van der Waals surface area contributed by atoms with Gasteiger partial charge in [-0.05, 0) is 37.7 Å². The van der Waals surface area contributed by atoms with E-state index in [1.54, 1.807) is 26.2 Å². The number of hydrogen-bond acceptors (Lipinski definition) is 4. The van der Waals surface area contributed by atoms with Crippen LogP contribution in [0.25, 0.3) is 0 Å². The van der Waals surface area contributed by atoms with Gasteiger partial charge in [0, 0.05) is 37.6 Å². The molecule has 0 aliphatic heterocycles. The fourth-order valence-electron chi connectivity index (χ4n) is 2.22. The average Bonchev–Trinajstić information content (AvgIpc) is 3.16. The van der Waals surface area contributed by atoms with E-state index in [1.165, 1.54) is 12.8 Å². The van der Waals surface area contributed by atoms with Crippen LogP contribution in [0.4, 0.5) is 11.4 Å². The van der Waals surface area contributed by atoms with E-state index in [0.29, 0.717) is 11.0 Å². The number of nitro groups is 1. The molecule has 104 valence electrons. The number of ether oxygens (including phenoxy) is 1. The second-order valence-corrected chi connectivity index (χ2v) is 5.35. The van der Waals surface area contributed by atoms with Gasteiger partial charge >= 0.3 is 0 Å². The Hall–Kier alpha value is -1.62. The second kappa shape index (κ2) is 5.57. The van der Waals surface area contributed by atoms with Crippen LogP contribution in [0.3, 0.4) is 0 Å². The third-order valence-electron chi connectivity index (χ3n) is 3.87. The SMILES string of the molecule is COCCC1(CNc2ccc(C)c([N+](=O)[O-])c2)CC1. The fraction of sp³-hybridized carbons (Fsp3) is 0.571. The van der Waals surface area contributed by atoms with Crippen molar-refractivity contribution in [2.75, 3.05) is 25.6 Å². The van der Waals surface area contributed by atoms with Gasteiger partial charge in [0.25, 0.3) is 5.69 Å². The highest BCUT2D eigenvalue weighted by molar-refractivity contribution is 5.55. The van der Waals surface area contributed by atoms with E-state index in [9.17, 15) is 10.1 Å². The summed E-state index contributed by atoms with van der Waals surface area (Å²) >= 11 is 0. The van der Waals surface area contributed by atoms with Crippen LogP contribution in [0.5, 0.6) is 0 Å². The van der Waals surface area contributed by atoms with E-state index in [0.717, 1.165) is 25.3 Å². The van der Waals surface area contributed by atoms with E-state index in [4.69, 9.17) is 4.74 Å². The maximum atomic E-state index is 10.9. The van der Waals surface area contributed by atoms with Crippen LogP contribution in [0.1, 0.15) is 24.8 Å². The molecule has 19 heavy (non-hydrogen) atoms. The quantitative estimate of drug-likeness (QED) is 0.607. The third-order valence-corrected chi connectivity index (χ3v) is 3.87. The van der Waals surface area contributed by atoms with E-state index in [-0.39, 0.29) is 10.6 Å². The van der Waals surface area contributed by atoms with Gasteiger partial charge in [0.2, 0.25) is 0 Å². The first-order valence-corrected chi connectivity index (χ1v) is 6.54. The molecule has 1 fully saturated rings. The highest BCUT2D eigenvalue weighted by Gasteiger charge is 2.41. The zero-order valence-corrected chi connectivity index (χ0v) is 11.4. The molecular weight excluding hydrogens is 244 g/mol. The van der Waals surface area contributed by atoms with Crippen molar-refractivity contribution in [1.29, 1.82) is 0 Å². The lowest BCUT2D eigenvalue weighted by molar-refractivity contribution is -0.385. The summed E-state index contributed by atoms with van der Waals surface area (Å²) in [6, 6.07) is 5.30. The van der Waals surface area contributed by atoms with Gasteiger partial charge in [-0.2, -0.15) is 0 Å². The predicted octanol–water partition coefficient (Wildman–Crippen LogP) is 3.13. The standard InChI is InChI=1S/C14H20N2O3/c1-11-3-4-12(9-13(11)16(17)18)15-10-14(5-6-14)7-8-19-2/h3-4,9,15H,5-8,10H2,1-2H3. The van der Waals surface area contributed by atoms with E-state index in [1.807, 2.05) is 6.07 Å². The molecule has 0 unspecified atom stereocenters. The maximum absolute atomic E-state index is 10.9. The normalized spacial score (nSPS) is 16.1. The molecule has 1 N–H and O–H groups in total. The topological polar surface area (TPSA) is 64.4 Å². The predicted molar refractivity (Wildman–Crippen MR) is 74.5 cm³/mol. The summed E-state index contributed by atoms with van der Waals surface area (Å²) in [4.78, 5) is 10.6. The van der Waals surface area contributed by atoms with Crippen LogP contribution in [0, 0.1) is 22.5 Å². The summed E-state index contributed by atoms with van der Waals surface area (Å²) in [6.07, 6.45) is 3.46. The summed E-state index contributed by atoms with van der Waals surface area (Å²) < 4.78 is 5.12. The van der Waals surface area contributed by atoms with Gasteiger partial charge in [-0.1, -0.05) is 6.07 Å². The Morgan fingerprint density at radius 1 is 1.47 bits per heavy atom. The number of nitrogens with zero attached hydrogens (tertiary/aromatic N) is 1. The molecule has 2 rings (SSSR count). The summed E-state index contributed by atoms with van der Waals surface area (Å²) in [5, 5.41) is 14.2. The van der Waals surface area contributed by atoms with Gasteiger partial charge in [0.15, 0.2) is 0 Å². The van der Waals surface area contributed by atoms with E-state index in [2.05, 4.69) is 5.32 Å². The van der Waals surface area contributed by atoms with Crippen LogP contribution >= 0.6 is 0 Å². The van der Waals surface area contributed by atoms with Crippen molar-refractivity contribution in [2.24, 2.45) is 5.41 Å². The molecule has 0 spiro atoms. The number of benzene rings is 1. The van der Waals surface area contributed by atoms with Gasteiger partial charge < -0.3 is 10.1 Å². The van der Waals surface area contributed by atoms with Crippen LogP contribution in [0.2, 0.25) is 0 Å². The summed E-state index contributed by atoms with van der Waals surface area (Å²) in [5.41, 5.74) is 2.01. The number of nitrogens with one attached hydrogen (secondary N) is 1. The maximum Gasteiger partial charge on any atom is 0.274 e. The first-order valence-electron chi connectivity index (χ1n) is 6.54.